The van der Waals surface area contributed by atoms with Crippen LogP contribution in [0.3, 0.4) is 0 Å². The standard InChI is InChI=1S/C17H13Cl2N3O3/c1-25-16-9(6-10(18)7-12(16)19)2-5-15(23)20-11-3-4-13-14(8-11)22-17(24)21-13/h2-8H,1H3,(H,20,23)(H2,21,22,24). The number of hydrogen-bond acceptors (Lipinski definition) is 3. The molecule has 0 aliphatic carbocycles. The van der Waals surface area contributed by atoms with Crippen molar-refractivity contribution in [3.8, 4) is 5.75 Å². The number of carbonyl (C=O) groups is 1. The Morgan fingerprint density at radius 2 is 1.92 bits per heavy atom. The Labute approximate surface area is 152 Å². The molecule has 1 amide bonds. The fourth-order valence-electron chi connectivity index (χ4n) is 2.38. The fourth-order valence-corrected chi connectivity index (χ4v) is 2.97. The van der Waals surface area contributed by atoms with E-state index in [1.54, 1.807) is 36.4 Å². The van der Waals surface area contributed by atoms with E-state index in [4.69, 9.17) is 27.9 Å². The summed E-state index contributed by atoms with van der Waals surface area (Å²) < 4.78 is 5.22. The molecule has 3 N–H and O–H groups in total. The van der Waals surface area contributed by atoms with Crippen molar-refractivity contribution in [2.24, 2.45) is 0 Å². The second kappa shape index (κ2) is 7.04. The minimum absolute atomic E-state index is 0.302. The van der Waals surface area contributed by atoms with Crippen molar-refractivity contribution in [3.05, 3.63) is 62.5 Å². The Hall–Kier alpha value is -2.70. The third-order valence-corrected chi connectivity index (χ3v) is 3.94. The lowest BCUT2D eigenvalue weighted by Crippen LogP contribution is -2.07. The van der Waals surface area contributed by atoms with Crippen LogP contribution in [0.5, 0.6) is 5.75 Å². The van der Waals surface area contributed by atoms with Crippen molar-refractivity contribution in [1.82, 2.24) is 9.97 Å². The largest absolute Gasteiger partial charge is 0.495 e. The molecule has 0 aliphatic heterocycles. The van der Waals surface area contributed by atoms with E-state index >= 15 is 0 Å². The lowest BCUT2D eigenvalue weighted by Gasteiger charge is -2.08. The number of aromatic nitrogens is 2. The Kier molecular flexibility index (Phi) is 4.83. The van der Waals surface area contributed by atoms with Crippen molar-refractivity contribution < 1.29 is 9.53 Å². The summed E-state index contributed by atoms with van der Waals surface area (Å²) in [6, 6.07) is 8.26. The van der Waals surface area contributed by atoms with Crippen LogP contribution in [-0.2, 0) is 4.79 Å². The summed E-state index contributed by atoms with van der Waals surface area (Å²) in [7, 11) is 1.49. The fraction of sp³-hybridized carbons (Fsp3) is 0.0588. The number of anilines is 1. The Bertz CT molecular complexity index is 1040. The Morgan fingerprint density at radius 3 is 2.68 bits per heavy atom. The summed E-state index contributed by atoms with van der Waals surface area (Å²) >= 11 is 12.0. The highest BCUT2D eigenvalue weighted by molar-refractivity contribution is 6.36. The summed E-state index contributed by atoms with van der Waals surface area (Å²) in [4.78, 5) is 28.6. The number of ether oxygens (including phenoxy) is 1. The van der Waals surface area contributed by atoms with Crippen LogP contribution in [0.15, 0.2) is 41.2 Å². The number of hydrogen-bond donors (Lipinski definition) is 3. The second-order valence-corrected chi connectivity index (χ2v) is 6.02. The van der Waals surface area contributed by atoms with Crippen LogP contribution in [0.2, 0.25) is 10.0 Å². The molecule has 128 valence electrons. The predicted octanol–water partition coefficient (Wildman–Crippen LogP) is 3.82. The van der Waals surface area contributed by atoms with Crippen molar-refractivity contribution in [2.45, 2.75) is 0 Å². The summed E-state index contributed by atoms with van der Waals surface area (Å²) in [5.41, 5.74) is 2.10. The van der Waals surface area contributed by atoms with Crippen molar-refractivity contribution in [2.75, 3.05) is 12.4 Å². The van der Waals surface area contributed by atoms with Gasteiger partial charge in [0.25, 0.3) is 0 Å². The molecular formula is C17H13Cl2N3O3. The monoisotopic (exact) mass is 377 g/mol. The zero-order valence-electron chi connectivity index (χ0n) is 13.0. The van der Waals surface area contributed by atoms with E-state index in [1.807, 2.05) is 0 Å². The minimum atomic E-state index is -0.351. The van der Waals surface area contributed by atoms with Gasteiger partial charge in [0.2, 0.25) is 5.91 Å². The van der Waals surface area contributed by atoms with Gasteiger partial charge in [0.1, 0.15) is 5.75 Å². The van der Waals surface area contributed by atoms with E-state index < -0.39 is 0 Å². The molecule has 0 bridgehead atoms. The van der Waals surface area contributed by atoms with Gasteiger partial charge in [-0.3, -0.25) is 4.79 Å². The summed E-state index contributed by atoms with van der Waals surface area (Å²) in [5, 5.41) is 3.51. The number of imidazole rings is 1. The Balaban J connectivity index is 1.79. The number of carbonyl (C=O) groups excluding carboxylic acids is 1. The average Bonchev–Trinajstić information content (AvgIpc) is 2.91. The van der Waals surface area contributed by atoms with E-state index in [0.717, 1.165) is 0 Å². The maximum atomic E-state index is 12.1. The van der Waals surface area contributed by atoms with Gasteiger partial charge in [-0.05, 0) is 36.4 Å². The van der Waals surface area contributed by atoms with Gasteiger partial charge in [0.15, 0.2) is 0 Å². The van der Waals surface area contributed by atoms with Crippen molar-refractivity contribution in [1.29, 1.82) is 0 Å². The second-order valence-electron chi connectivity index (χ2n) is 5.17. The van der Waals surface area contributed by atoms with E-state index in [0.29, 0.717) is 38.1 Å². The number of rotatable bonds is 4. The SMILES string of the molecule is COc1c(Cl)cc(Cl)cc1C=CC(=O)Nc1ccc2[nH]c(=O)[nH]c2c1. The van der Waals surface area contributed by atoms with Gasteiger partial charge < -0.3 is 20.0 Å². The van der Waals surface area contributed by atoms with E-state index in [9.17, 15) is 9.59 Å². The van der Waals surface area contributed by atoms with Crippen LogP contribution in [-0.4, -0.2) is 23.0 Å². The maximum absolute atomic E-state index is 12.1. The third kappa shape index (κ3) is 3.87. The van der Waals surface area contributed by atoms with Crippen LogP contribution in [0.1, 0.15) is 5.56 Å². The molecule has 0 saturated heterocycles. The predicted molar refractivity (Wildman–Crippen MR) is 99.6 cm³/mol. The summed E-state index contributed by atoms with van der Waals surface area (Å²) in [5.74, 6) is 0.0804. The zero-order chi connectivity index (χ0) is 18.0. The van der Waals surface area contributed by atoms with Crippen molar-refractivity contribution in [3.63, 3.8) is 0 Å². The van der Waals surface area contributed by atoms with Gasteiger partial charge >= 0.3 is 5.69 Å². The lowest BCUT2D eigenvalue weighted by molar-refractivity contribution is -0.111. The number of benzene rings is 2. The quantitative estimate of drug-likeness (QED) is 0.603. The van der Waals surface area contributed by atoms with Crippen LogP contribution in [0.4, 0.5) is 5.69 Å². The van der Waals surface area contributed by atoms with Gasteiger partial charge in [-0.1, -0.05) is 23.2 Å². The summed E-state index contributed by atoms with van der Waals surface area (Å²) in [6.45, 7) is 0. The Morgan fingerprint density at radius 1 is 1.16 bits per heavy atom. The first-order valence-electron chi connectivity index (χ1n) is 7.20. The molecule has 0 radical (unpaired) electrons. The van der Waals surface area contributed by atoms with Gasteiger partial charge in [-0.2, -0.15) is 0 Å². The van der Waals surface area contributed by atoms with E-state index in [-0.39, 0.29) is 11.6 Å². The number of aromatic amines is 2. The normalized spacial score (nSPS) is 11.2. The molecule has 6 nitrogen and oxygen atoms in total. The van der Waals surface area contributed by atoms with Gasteiger partial charge in [-0.15, -0.1) is 0 Å². The first-order chi connectivity index (χ1) is 12.0. The highest BCUT2D eigenvalue weighted by Gasteiger charge is 2.08. The van der Waals surface area contributed by atoms with E-state index in [2.05, 4.69) is 15.3 Å². The smallest absolute Gasteiger partial charge is 0.323 e. The molecule has 0 fully saturated rings. The first-order valence-corrected chi connectivity index (χ1v) is 7.96. The van der Waals surface area contributed by atoms with Crippen LogP contribution >= 0.6 is 23.2 Å². The molecule has 3 aromatic rings. The molecule has 8 heteroatoms. The molecule has 0 spiro atoms. The number of methoxy groups -OCH3 is 1. The van der Waals surface area contributed by atoms with Crippen LogP contribution < -0.4 is 15.7 Å². The van der Waals surface area contributed by atoms with Gasteiger partial charge in [-0.25, -0.2) is 4.79 Å². The highest BCUT2D eigenvalue weighted by Crippen LogP contribution is 2.32. The van der Waals surface area contributed by atoms with E-state index in [1.165, 1.54) is 13.2 Å². The average molecular weight is 378 g/mol. The number of fused-ring (bicyclic) bond motifs is 1. The molecule has 0 aliphatic rings. The number of H-pyrrole nitrogens is 2. The van der Waals surface area contributed by atoms with Gasteiger partial charge in [0, 0.05) is 22.3 Å². The zero-order valence-corrected chi connectivity index (χ0v) is 14.5. The molecule has 1 aromatic heterocycles. The molecule has 0 saturated carbocycles. The molecule has 25 heavy (non-hydrogen) atoms. The molecule has 1 heterocycles. The third-order valence-electron chi connectivity index (χ3n) is 3.44. The molecule has 2 aromatic carbocycles. The van der Waals surface area contributed by atoms with Gasteiger partial charge in [0.05, 0.1) is 23.2 Å². The van der Waals surface area contributed by atoms with Crippen molar-refractivity contribution >= 4 is 51.9 Å². The topological polar surface area (TPSA) is 87.0 Å². The maximum Gasteiger partial charge on any atom is 0.323 e. The summed E-state index contributed by atoms with van der Waals surface area (Å²) in [6.07, 6.45) is 2.90. The molecule has 0 atom stereocenters. The highest BCUT2D eigenvalue weighted by atomic mass is 35.5. The number of amides is 1. The number of halogens is 2. The molecular weight excluding hydrogens is 365 g/mol. The minimum Gasteiger partial charge on any atom is -0.495 e. The molecule has 3 rings (SSSR count). The van der Waals surface area contributed by atoms with Crippen LogP contribution in [0, 0.1) is 0 Å². The number of nitrogens with one attached hydrogen (secondary N) is 3. The van der Waals surface area contributed by atoms with Crippen LogP contribution in [0.25, 0.3) is 17.1 Å². The molecule has 0 unspecified atom stereocenters. The first kappa shape index (κ1) is 17.1. The lowest BCUT2D eigenvalue weighted by atomic mass is 10.2.